The number of nitrogens with one attached hydrogen (secondary N) is 1. The van der Waals surface area contributed by atoms with E-state index in [4.69, 9.17) is 0 Å². The highest BCUT2D eigenvalue weighted by Crippen LogP contribution is 2.41. The van der Waals surface area contributed by atoms with Crippen molar-refractivity contribution in [3.05, 3.63) is 29.6 Å². The van der Waals surface area contributed by atoms with Gasteiger partial charge in [0.1, 0.15) is 5.82 Å². The number of aryl methyl sites for hydroxylation is 1. The molecule has 2 aliphatic rings. The van der Waals surface area contributed by atoms with Gasteiger partial charge in [-0.1, -0.05) is 0 Å². The molecule has 1 saturated carbocycles. The number of hydrogen-bond acceptors (Lipinski definition) is 2. The van der Waals surface area contributed by atoms with Crippen molar-refractivity contribution < 1.29 is 4.39 Å². The summed E-state index contributed by atoms with van der Waals surface area (Å²) in [7, 11) is 0. The van der Waals surface area contributed by atoms with E-state index in [-0.39, 0.29) is 11.4 Å². The minimum Gasteiger partial charge on any atom is -0.369 e. The molecule has 3 rings (SSSR count). The van der Waals surface area contributed by atoms with E-state index in [9.17, 15) is 4.39 Å². The molecule has 1 aromatic rings. The van der Waals surface area contributed by atoms with E-state index >= 15 is 0 Å². The van der Waals surface area contributed by atoms with Crippen molar-refractivity contribution in [2.45, 2.75) is 38.6 Å². The first-order valence-electron chi connectivity index (χ1n) is 7.35. The van der Waals surface area contributed by atoms with Gasteiger partial charge in [0.05, 0.1) is 0 Å². The molecule has 2 fully saturated rings. The van der Waals surface area contributed by atoms with Crippen LogP contribution in [0.3, 0.4) is 0 Å². The third-order valence-electron chi connectivity index (χ3n) is 4.63. The van der Waals surface area contributed by atoms with Crippen LogP contribution < -0.4 is 10.2 Å². The second-order valence-electron chi connectivity index (χ2n) is 6.32. The molecule has 0 radical (unpaired) electrons. The summed E-state index contributed by atoms with van der Waals surface area (Å²) in [6.07, 6.45) is 3.85. The zero-order valence-electron chi connectivity index (χ0n) is 11.9. The predicted molar refractivity (Wildman–Crippen MR) is 77.1 cm³/mol. The molecule has 1 aliphatic carbocycles. The molecule has 0 aromatic heterocycles. The molecular formula is C16H23FN2. The maximum Gasteiger partial charge on any atom is 0.123 e. The summed E-state index contributed by atoms with van der Waals surface area (Å²) in [5.41, 5.74) is 2.45. The molecule has 19 heavy (non-hydrogen) atoms. The Morgan fingerprint density at radius 1 is 1.37 bits per heavy atom. The molecule has 1 N–H and O–H groups in total. The Kier molecular flexibility index (Phi) is 3.25. The molecule has 1 unspecified atom stereocenters. The fourth-order valence-corrected chi connectivity index (χ4v) is 3.35. The minimum absolute atomic E-state index is 0.140. The van der Waals surface area contributed by atoms with Gasteiger partial charge >= 0.3 is 0 Å². The van der Waals surface area contributed by atoms with Gasteiger partial charge in [-0.2, -0.15) is 0 Å². The lowest BCUT2D eigenvalue weighted by molar-refractivity contribution is 0.331. The fourth-order valence-electron chi connectivity index (χ4n) is 3.35. The first-order chi connectivity index (χ1) is 9.08. The van der Waals surface area contributed by atoms with E-state index < -0.39 is 0 Å². The van der Waals surface area contributed by atoms with Gasteiger partial charge in [0, 0.05) is 24.3 Å². The molecule has 104 valence electrons. The van der Waals surface area contributed by atoms with Crippen molar-refractivity contribution in [2.75, 3.05) is 24.5 Å². The first-order valence-corrected chi connectivity index (χ1v) is 7.35. The van der Waals surface area contributed by atoms with Gasteiger partial charge in [-0.25, -0.2) is 4.39 Å². The van der Waals surface area contributed by atoms with Crippen LogP contribution in [0, 0.1) is 18.7 Å². The second-order valence-corrected chi connectivity index (χ2v) is 6.32. The summed E-state index contributed by atoms with van der Waals surface area (Å²) in [6.45, 7) is 7.53. The van der Waals surface area contributed by atoms with E-state index in [0.29, 0.717) is 0 Å². The average molecular weight is 262 g/mol. The third-order valence-corrected chi connectivity index (χ3v) is 4.63. The van der Waals surface area contributed by atoms with Crippen LogP contribution in [-0.2, 0) is 0 Å². The van der Waals surface area contributed by atoms with Gasteiger partial charge in [-0.15, -0.1) is 0 Å². The van der Waals surface area contributed by atoms with Crippen LogP contribution in [0.15, 0.2) is 18.2 Å². The predicted octanol–water partition coefficient (Wildman–Crippen LogP) is 3.10. The lowest BCUT2D eigenvalue weighted by Gasteiger charge is -2.35. The summed E-state index contributed by atoms with van der Waals surface area (Å²) in [6, 6.07) is 5.15. The monoisotopic (exact) mass is 262 g/mol. The minimum atomic E-state index is -0.140. The van der Waals surface area contributed by atoms with Crippen LogP contribution in [-0.4, -0.2) is 25.2 Å². The van der Waals surface area contributed by atoms with Gasteiger partial charge in [0.2, 0.25) is 0 Å². The maximum atomic E-state index is 13.3. The fraction of sp³-hybridized carbons (Fsp3) is 0.625. The molecule has 3 heteroatoms. The molecule has 0 spiro atoms. The molecule has 1 heterocycles. The van der Waals surface area contributed by atoms with Gasteiger partial charge in [-0.3, -0.25) is 0 Å². The smallest absolute Gasteiger partial charge is 0.123 e. The number of halogens is 1. The van der Waals surface area contributed by atoms with E-state index in [1.807, 2.05) is 13.0 Å². The summed E-state index contributed by atoms with van der Waals surface area (Å²) in [5.74, 6) is 0.674. The highest BCUT2D eigenvalue weighted by Gasteiger charge is 2.43. The number of anilines is 1. The van der Waals surface area contributed by atoms with Gasteiger partial charge < -0.3 is 10.2 Å². The van der Waals surface area contributed by atoms with Crippen LogP contribution in [0.25, 0.3) is 0 Å². The largest absolute Gasteiger partial charge is 0.369 e. The van der Waals surface area contributed by atoms with E-state index in [0.717, 1.165) is 37.5 Å². The normalized spacial score (nSPS) is 28.3. The SMILES string of the molecule is Cc1cc(F)ccc1N1CCCNC(C)(C2CC2)C1. The number of hydrogen-bond donors (Lipinski definition) is 1. The summed E-state index contributed by atoms with van der Waals surface area (Å²) < 4.78 is 13.3. The first kappa shape index (κ1) is 12.9. The number of nitrogens with zero attached hydrogens (tertiary/aromatic N) is 1. The zero-order valence-corrected chi connectivity index (χ0v) is 11.9. The third kappa shape index (κ3) is 2.62. The van der Waals surface area contributed by atoms with Crippen molar-refractivity contribution in [1.29, 1.82) is 0 Å². The molecule has 1 aromatic carbocycles. The number of rotatable bonds is 2. The van der Waals surface area contributed by atoms with Gasteiger partial charge in [0.25, 0.3) is 0 Å². The standard InChI is InChI=1S/C16H23FN2/c1-12-10-14(17)6-7-15(12)19-9-3-8-18-16(2,11-19)13-4-5-13/h6-7,10,13,18H,3-5,8-9,11H2,1-2H3. The van der Waals surface area contributed by atoms with E-state index in [1.54, 1.807) is 12.1 Å². The maximum absolute atomic E-state index is 13.3. The molecule has 1 aliphatic heterocycles. The summed E-state index contributed by atoms with van der Waals surface area (Å²) >= 11 is 0. The zero-order chi connectivity index (χ0) is 13.5. The molecule has 1 atom stereocenters. The molecule has 0 amide bonds. The van der Waals surface area contributed by atoms with E-state index in [1.165, 1.54) is 18.5 Å². The highest BCUT2D eigenvalue weighted by molar-refractivity contribution is 5.53. The van der Waals surface area contributed by atoms with Crippen LogP contribution >= 0.6 is 0 Å². The average Bonchev–Trinajstić information content (AvgIpc) is 3.16. The summed E-state index contributed by atoms with van der Waals surface area (Å²) in [5, 5.41) is 3.73. The Labute approximate surface area is 115 Å². The second kappa shape index (κ2) is 4.78. The highest BCUT2D eigenvalue weighted by atomic mass is 19.1. The Balaban J connectivity index is 1.86. The van der Waals surface area contributed by atoms with Crippen molar-refractivity contribution in [3.63, 3.8) is 0 Å². The van der Waals surface area contributed by atoms with Crippen LogP contribution in [0.5, 0.6) is 0 Å². The Morgan fingerprint density at radius 3 is 2.84 bits per heavy atom. The Morgan fingerprint density at radius 2 is 2.16 bits per heavy atom. The molecule has 0 bridgehead atoms. The van der Waals surface area contributed by atoms with Crippen molar-refractivity contribution in [3.8, 4) is 0 Å². The topological polar surface area (TPSA) is 15.3 Å². The van der Waals surface area contributed by atoms with Crippen molar-refractivity contribution in [2.24, 2.45) is 5.92 Å². The quantitative estimate of drug-likeness (QED) is 0.881. The lowest BCUT2D eigenvalue weighted by Crippen LogP contribution is -2.51. The summed E-state index contributed by atoms with van der Waals surface area (Å²) in [4.78, 5) is 2.44. The van der Waals surface area contributed by atoms with Crippen LogP contribution in [0.2, 0.25) is 0 Å². The van der Waals surface area contributed by atoms with Crippen LogP contribution in [0.4, 0.5) is 10.1 Å². The Hall–Kier alpha value is -1.09. The molecule has 2 nitrogen and oxygen atoms in total. The lowest BCUT2D eigenvalue weighted by atomic mass is 9.95. The molecular weight excluding hydrogens is 239 g/mol. The van der Waals surface area contributed by atoms with Crippen LogP contribution in [0.1, 0.15) is 31.7 Å². The van der Waals surface area contributed by atoms with Gasteiger partial charge in [-0.05, 0) is 69.3 Å². The van der Waals surface area contributed by atoms with E-state index in [2.05, 4.69) is 17.1 Å². The number of benzene rings is 1. The molecule has 1 saturated heterocycles. The van der Waals surface area contributed by atoms with Gasteiger partial charge in [0.15, 0.2) is 0 Å². The van der Waals surface area contributed by atoms with Crippen molar-refractivity contribution >= 4 is 5.69 Å². The van der Waals surface area contributed by atoms with Crippen molar-refractivity contribution in [1.82, 2.24) is 5.32 Å². The Bertz CT molecular complexity index is 470.